The molecule has 1 aliphatic rings. The SMILES string of the molecule is CCCC1CCC(c2ncc(C(C)NCC)s2)CC1. The Balaban J connectivity index is 1.89. The lowest BCUT2D eigenvalue weighted by Gasteiger charge is -2.27. The molecule has 0 saturated heterocycles. The molecule has 0 aromatic carbocycles. The summed E-state index contributed by atoms with van der Waals surface area (Å²) < 4.78 is 0. The molecule has 1 fully saturated rings. The summed E-state index contributed by atoms with van der Waals surface area (Å²) in [5.74, 6) is 1.72. The second-order valence-electron chi connectivity index (χ2n) is 5.89. The zero-order valence-electron chi connectivity index (χ0n) is 12.6. The quantitative estimate of drug-likeness (QED) is 0.802. The van der Waals surface area contributed by atoms with E-state index in [1.807, 2.05) is 11.3 Å². The summed E-state index contributed by atoms with van der Waals surface area (Å²) >= 11 is 1.93. The standard InChI is InChI=1S/C16H28N2S/c1-4-6-13-7-9-14(10-8-13)16-18-11-15(19-16)12(3)17-5-2/h11-14,17H,4-10H2,1-3H3. The highest BCUT2D eigenvalue weighted by molar-refractivity contribution is 7.11. The molecule has 1 unspecified atom stereocenters. The van der Waals surface area contributed by atoms with Crippen LogP contribution < -0.4 is 5.32 Å². The third-order valence-corrected chi connectivity index (χ3v) is 5.71. The number of aromatic nitrogens is 1. The maximum atomic E-state index is 4.69. The fourth-order valence-corrected chi connectivity index (χ4v) is 4.32. The predicted molar refractivity (Wildman–Crippen MR) is 83.8 cm³/mol. The lowest BCUT2D eigenvalue weighted by atomic mass is 9.80. The van der Waals surface area contributed by atoms with E-state index >= 15 is 0 Å². The first-order chi connectivity index (χ1) is 9.24. The second kappa shape index (κ2) is 7.39. The van der Waals surface area contributed by atoms with Crippen LogP contribution in [0.1, 0.15) is 81.1 Å². The highest BCUT2D eigenvalue weighted by Gasteiger charge is 2.24. The summed E-state index contributed by atoms with van der Waals surface area (Å²) in [7, 11) is 0. The molecule has 1 atom stereocenters. The first kappa shape index (κ1) is 15.0. The molecular weight excluding hydrogens is 252 g/mol. The number of nitrogens with one attached hydrogen (secondary N) is 1. The fourth-order valence-electron chi connectivity index (χ4n) is 3.20. The van der Waals surface area contributed by atoms with Crippen LogP contribution in [-0.4, -0.2) is 11.5 Å². The summed E-state index contributed by atoms with van der Waals surface area (Å²) in [6.07, 6.45) is 10.4. The molecular formula is C16H28N2S. The molecule has 2 nitrogen and oxygen atoms in total. The Morgan fingerprint density at radius 3 is 2.68 bits per heavy atom. The molecule has 2 rings (SSSR count). The minimum atomic E-state index is 0.452. The number of hydrogen-bond donors (Lipinski definition) is 1. The van der Waals surface area contributed by atoms with Crippen molar-refractivity contribution in [3.05, 3.63) is 16.1 Å². The molecule has 1 aromatic heterocycles. The van der Waals surface area contributed by atoms with Crippen LogP contribution in [0, 0.1) is 5.92 Å². The zero-order chi connectivity index (χ0) is 13.7. The van der Waals surface area contributed by atoms with Crippen molar-refractivity contribution in [3.8, 4) is 0 Å². The van der Waals surface area contributed by atoms with Gasteiger partial charge in [0.05, 0.1) is 5.01 Å². The predicted octanol–water partition coefficient (Wildman–Crippen LogP) is 4.89. The van der Waals surface area contributed by atoms with Crippen LogP contribution >= 0.6 is 11.3 Å². The Bertz CT molecular complexity index is 367. The molecule has 0 bridgehead atoms. The molecule has 1 aliphatic carbocycles. The summed E-state index contributed by atoms with van der Waals surface area (Å²) in [5.41, 5.74) is 0. The Labute approximate surface area is 122 Å². The van der Waals surface area contributed by atoms with Crippen molar-refractivity contribution in [2.75, 3.05) is 6.54 Å². The fraction of sp³-hybridized carbons (Fsp3) is 0.812. The van der Waals surface area contributed by atoms with Crippen molar-refractivity contribution in [2.45, 2.75) is 71.3 Å². The van der Waals surface area contributed by atoms with E-state index in [0.717, 1.165) is 18.4 Å². The summed E-state index contributed by atoms with van der Waals surface area (Å²) in [5, 5.41) is 4.86. The van der Waals surface area contributed by atoms with Crippen LogP contribution in [0.15, 0.2) is 6.20 Å². The van der Waals surface area contributed by atoms with Crippen molar-refractivity contribution in [3.63, 3.8) is 0 Å². The van der Waals surface area contributed by atoms with Gasteiger partial charge in [0.2, 0.25) is 0 Å². The van der Waals surface area contributed by atoms with Crippen LogP contribution in [0.2, 0.25) is 0 Å². The largest absolute Gasteiger partial charge is 0.310 e. The van der Waals surface area contributed by atoms with E-state index in [1.54, 1.807) is 0 Å². The Kier molecular flexibility index (Phi) is 5.83. The number of rotatable bonds is 6. The lowest BCUT2D eigenvalue weighted by molar-refractivity contribution is 0.308. The maximum Gasteiger partial charge on any atom is 0.0959 e. The van der Waals surface area contributed by atoms with Crippen molar-refractivity contribution < 1.29 is 0 Å². The lowest BCUT2D eigenvalue weighted by Crippen LogP contribution is -2.16. The van der Waals surface area contributed by atoms with Gasteiger partial charge < -0.3 is 5.32 Å². The van der Waals surface area contributed by atoms with Crippen molar-refractivity contribution in [1.29, 1.82) is 0 Å². The molecule has 0 radical (unpaired) electrons. The molecule has 108 valence electrons. The van der Waals surface area contributed by atoms with Gasteiger partial charge in [0, 0.05) is 23.0 Å². The third-order valence-electron chi connectivity index (χ3n) is 4.37. The average Bonchev–Trinajstić information content (AvgIpc) is 2.90. The van der Waals surface area contributed by atoms with Gasteiger partial charge >= 0.3 is 0 Å². The maximum absolute atomic E-state index is 4.69. The number of nitrogens with zero attached hydrogens (tertiary/aromatic N) is 1. The molecule has 1 aromatic rings. The van der Waals surface area contributed by atoms with E-state index in [0.29, 0.717) is 6.04 Å². The van der Waals surface area contributed by atoms with Crippen LogP contribution in [0.25, 0.3) is 0 Å². The summed E-state index contributed by atoms with van der Waals surface area (Å²) in [6.45, 7) is 7.73. The van der Waals surface area contributed by atoms with Gasteiger partial charge in [0.15, 0.2) is 0 Å². The van der Waals surface area contributed by atoms with E-state index in [9.17, 15) is 0 Å². The van der Waals surface area contributed by atoms with Gasteiger partial charge in [-0.1, -0.05) is 26.7 Å². The van der Waals surface area contributed by atoms with Crippen LogP contribution in [-0.2, 0) is 0 Å². The van der Waals surface area contributed by atoms with Gasteiger partial charge in [-0.15, -0.1) is 11.3 Å². The molecule has 0 amide bonds. The molecule has 1 N–H and O–H groups in total. The third kappa shape index (κ3) is 4.03. The molecule has 1 saturated carbocycles. The van der Waals surface area contributed by atoms with Crippen molar-refractivity contribution >= 4 is 11.3 Å². The van der Waals surface area contributed by atoms with Gasteiger partial charge in [0.1, 0.15) is 0 Å². The Hall–Kier alpha value is -0.410. The normalized spacial score (nSPS) is 25.4. The number of hydrogen-bond acceptors (Lipinski definition) is 3. The van der Waals surface area contributed by atoms with Gasteiger partial charge in [-0.3, -0.25) is 0 Å². The van der Waals surface area contributed by atoms with Crippen LogP contribution in [0.5, 0.6) is 0 Å². The van der Waals surface area contributed by atoms with E-state index < -0.39 is 0 Å². The van der Waals surface area contributed by atoms with Crippen molar-refractivity contribution in [2.24, 2.45) is 5.92 Å². The van der Waals surface area contributed by atoms with Gasteiger partial charge in [0.25, 0.3) is 0 Å². The molecule has 1 heterocycles. The second-order valence-corrected chi connectivity index (χ2v) is 6.98. The molecule has 0 aliphatic heterocycles. The minimum absolute atomic E-state index is 0.452. The van der Waals surface area contributed by atoms with Gasteiger partial charge in [-0.25, -0.2) is 4.98 Å². The monoisotopic (exact) mass is 280 g/mol. The first-order valence-electron chi connectivity index (χ1n) is 7.93. The molecule has 3 heteroatoms. The van der Waals surface area contributed by atoms with Gasteiger partial charge in [-0.05, 0) is 45.1 Å². The van der Waals surface area contributed by atoms with Crippen LogP contribution in [0.3, 0.4) is 0 Å². The summed E-state index contributed by atoms with van der Waals surface area (Å²) in [4.78, 5) is 6.09. The minimum Gasteiger partial charge on any atom is -0.310 e. The van der Waals surface area contributed by atoms with E-state index in [1.165, 1.54) is 48.4 Å². The van der Waals surface area contributed by atoms with E-state index in [-0.39, 0.29) is 0 Å². The Morgan fingerprint density at radius 2 is 2.05 bits per heavy atom. The summed E-state index contributed by atoms with van der Waals surface area (Å²) in [6, 6.07) is 0.452. The number of thiazole rings is 1. The van der Waals surface area contributed by atoms with E-state index in [4.69, 9.17) is 4.98 Å². The molecule has 19 heavy (non-hydrogen) atoms. The Morgan fingerprint density at radius 1 is 1.32 bits per heavy atom. The van der Waals surface area contributed by atoms with Crippen LogP contribution in [0.4, 0.5) is 0 Å². The van der Waals surface area contributed by atoms with Gasteiger partial charge in [-0.2, -0.15) is 0 Å². The highest BCUT2D eigenvalue weighted by Crippen LogP contribution is 2.39. The molecule has 0 spiro atoms. The zero-order valence-corrected chi connectivity index (χ0v) is 13.4. The average molecular weight is 280 g/mol. The highest BCUT2D eigenvalue weighted by atomic mass is 32.1. The smallest absolute Gasteiger partial charge is 0.0959 e. The topological polar surface area (TPSA) is 24.9 Å². The van der Waals surface area contributed by atoms with Crippen molar-refractivity contribution in [1.82, 2.24) is 10.3 Å². The van der Waals surface area contributed by atoms with E-state index in [2.05, 4.69) is 32.3 Å². The first-order valence-corrected chi connectivity index (χ1v) is 8.75.